The van der Waals surface area contributed by atoms with E-state index < -0.39 is 6.10 Å². The van der Waals surface area contributed by atoms with Crippen LogP contribution in [0.3, 0.4) is 0 Å². The molecule has 0 unspecified atom stereocenters. The molecular formula is C59H90O6. The van der Waals surface area contributed by atoms with E-state index in [1.165, 1.54) is 25.7 Å². The first-order chi connectivity index (χ1) is 32.0. The third-order valence-electron chi connectivity index (χ3n) is 9.81. The zero-order valence-electron chi connectivity index (χ0n) is 41.2. The minimum Gasteiger partial charge on any atom is -0.462 e. The summed E-state index contributed by atoms with van der Waals surface area (Å²) < 4.78 is 16.7. The van der Waals surface area contributed by atoms with Crippen LogP contribution in [0.25, 0.3) is 0 Å². The van der Waals surface area contributed by atoms with Gasteiger partial charge < -0.3 is 14.2 Å². The monoisotopic (exact) mass is 895 g/mol. The Morgan fingerprint density at radius 1 is 0.323 bits per heavy atom. The van der Waals surface area contributed by atoms with Crippen LogP contribution in [0, 0.1) is 0 Å². The molecule has 0 heterocycles. The summed E-state index contributed by atoms with van der Waals surface area (Å²) in [5, 5.41) is 0. The first-order valence-electron chi connectivity index (χ1n) is 25.3. The first kappa shape index (κ1) is 60.3. The van der Waals surface area contributed by atoms with Crippen molar-refractivity contribution in [2.24, 2.45) is 0 Å². The van der Waals surface area contributed by atoms with Gasteiger partial charge in [0.15, 0.2) is 6.10 Å². The normalized spacial score (nSPS) is 13.3. The Hall–Kier alpha value is -4.71. The van der Waals surface area contributed by atoms with Crippen LogP contribution < -0.4 is 0 Å². The molecule has 0 aromatic carbocycles. The van der Waals surface area contributed by atoms with Gasteiger partial charge in [0.1, 0.15) is 13.2 Å². The molecule has 0 bridgehead atoms. The highest BCUT2D eigenvalue weighted by Crippen LogP contribution is 2.10. The molecule has 6 nitrogen and oxygen atoms in total. The van der Waals surface area contributed by atoms with E-state index in [0.29, 0.717) is 19.3 Å². The largest absolute Gasteiger partial charge is 0.462 e. The van der Waals surface area contributed by atoms with Gasteiger partial charge in [0.2, 0.25) is 0 Å². The molecule has 0 aliphatic carbocycles. The molecule has 6 heteroatoms. The summed E-state index contributed by atoms with van der Waals surface area (Å²) in [7, 11) is 0. The SMILES string of the molecule is CC/C=C\C/C=C\C/C=C\C/C=C\C/C=C\CCCC(=O)OC[C@H](COC(=O)CCCC/C=C\C/C=C\C/C=C\C/C=C\CC)OC(=O)CCCC/C=C\C/C=C\C/C=C\CCCCC. The molecule has 65 heavy (non-hydrogen) atoms. The van der Waals surface area contributed by atoms with Gasteiger partial charge in [-0.2, -0.15) is 0 Å². The van der Waals surface area contributed by atoms with E-state index in [2.05, 4.69) is 167 Å². The van der Waals surface area contributed by atoms with Crippen molar-refractivity contribution in [3.63, 3.8) is 0 Å². The quantitative estimate of drug-likeness (QED) is 0.0263. The third kappa shape index (κ3) is 50.2. The number of carbonyl (C=O) groups excluding carboxylic acids is 3. The second-order valence-corrected chi connectivity index (χ2v) is 16.0. The molecular weight excluding hydrogens is 805 g/mol. The van der Waals surface area contributed by atoms with Gasteiger partial charge in [-0.25, -0.2) is 0 Å². The molecule has 1 atom stereocenters. The Balaban J connectivity index is 4.64. The van der Waals surface area contributed by atoms with Gasteiger partial charge in [-0.3, -0.25) is 14.4 Å². The van der Waals surface area contributed by atoms with Crippen molar-refractivity contribution in [3.8, 4) is 0 Å². The number of unbranched alkanes of at least 4 members (excludes halogenated alkanes) is 8. The van der Waals surface area contributed by atoms with Crippen molar-refractivity contribution in [2.75, 3.05) is 13.2 Å². The predicted octanol–water partition coefficient (Wildman–Crippen LogP) is 16.9. The van der Waals surface area contributed by atoms with Crippen molar-refractivity contribution < 1.29 is 28.6 Å². The molecule has 362 valence electrons. The second-order valence-electron chi connectivity index (χ2n) is 16.0. The van der Waals surface area contributed by atoms with Crippen molar-refractivity contribution in [3.05, 3.63) is 146 Å². The third-order valence-corrected chi connectivity index (χ3v) is 9.81. The number of allylic oxidation sites excluding steroid dienone is 24. The summed E-state index contributed by atoms with van der Waals surface area (Å²) in [6, 6.07) is 0. The molecule has 0 radical (unpaired) electrons. The van der Waals surface area contributed by atoms with Gasteiger partial charge in [0.05, 0.1) is 0 Å². The van der Waals surface area contributed by atoms with Crippen LogP contribution in [0.15, 0.2) is 146 Å². The highest BCUT2D eigenvalue weighted by Gasteiger charge is 2.19. The first-order valence-corrected chi connectivity index (χ1v) is 25.3. The number of ether oxygens (including phenoxy) is 3. The lowest BCUT2D eigenvalue weighted by Crippen LogP contribution is -2.30. The van der Waals surface area contributed by atoms with Crippen molar-refractivity contribution in [2.45, 2.75) is 194 Å². The molecule has 0 N–H and O–H groups in total. The van der Waals surface area contributed by atoms with Crippen molar-refractivity contribution >= 4 is 17.9 Å². The standard InChI is InChI=1S/C59H90O6/c1-4-7-10-13-16-19-22-25-28-29-32-34-37-40-43-46-49-52-58(61)64-55-56(65-59(62)53-50-47-44-41-38-35-31-27-24-21-18-15-12-9-6-3)54-63-57(60)51-48-45-42-39-36-33-30-26-23-20-17-14-11-8-5-2/h7-8,10-11,16-21,25-28,30-32,34,36,38-41,43,56H,4-6,9,12-15,22-24,29,33,35,37,42,44-55H2,1-3H3/b10-7-,11-8-,19-16-,20-17-,21-18-,28-25-,30-26-,31-27-,34-32-,39-36-,41-38-,43-40-/t56-/m0/s1. The Bertz CT molecular complexity index is 1490. The van der Waals surface area contributed by atoms with Crippen LogP contribution in [0.1, 0.15) is 188 Å². The van der Waals surface area contributed by atoms with Gasteiger partial charge in [-0.15, -0.1) is 0 Å². The predicted molar refractivity (Wildman–Crippen MR) is 279 cm³/mol. The molecule has 0 aromatic rings. The van der Waals surface area contributed by atoms with Crippen molar-refractivity contribution in [1.29, 1.82) is 0 Å². The summed E-state index contributed by atoms with van der Waals surface area (Å²) >= 11 is 0. The number of rotatable bonds is 43. The zero-order valence-corrected chi connectivity index (χ0v) is 41.2. The maximum atomic E-state index is 12.8. The maximum absolute atomic E-state index is 12.8. The topological polar surface area (TPSA) is 78.9 Å². The highest BCUT2D eigenvalue weighted by atomic mass is 16.6. The fraction of sp³-hybridized carbons (Fsp3) is 0.542. The highest BCUT2D eigenvalue weighted by molar-refractivity contribution is 5.71. The molecule has 0 aliphatic heterocycles. The Labute approximate surface area is 397 Å². The Kier molecular flexibility index (Phi) is 48.2. The van der Waals surface area contributed by atoms with Crippen LogP contribution in [0.2, 0.25) is 0 Å². The molecule has 0 fully saturated rings. The summed E-state index contributed by atoms with van der Waals surface area (Å²) in [4.78, 5) is 37.9. The lowest BCUT2D eigenvalue weighted by Gasteiger charge is -2.18. The zero-order chi connectivity index (χ0) is 47.2. The second kappa shape index (κ2) is 51.9. The van der Waals surface area contributed by atoms with Crippen LogP contribution in [-0.2, 0) is 28.6 Å². The lowest BCUT2D eigenvalue weighted by atomic mass is 10.1. The number of esters is 3. The Morgan fingerprint density at radius 2 is 0.600 bits per heavy atom. The van der Waals surface area contributed by atoms with Gasteiger partial charge in [-0.05, 0) is 135 Å². The fourth-order valence-electron chi connectivity index (χ4n) is 6.06. The summed E-state index contributed by atoms with van der Waals surface area (Å²) in [6.07, 6.45) is 74.1. The average molecular weight is 895 g/mol. The summed E-state index contributed by atoms with van der Waals surface area (Å²) in [5.74, 6) is -1.09. The smallest absolute Gasteiger partial charge is 0.306 e. The Morgan fingerprint density at radius 3 is 0.938 bits per heavy atom. The van der Waals surface area contributed by atoms with E-state index in [4.69, 9.17) is 14.2 Å². The van der Waals surface area contributed by atoms with E-state index in [9.17, 15) is 14.4 Å². The summed E-state index contributed by atoms with van der Waals surface area (Å²) in [5.41, 5.74) is 0. The molecule has 0 saturated heterocycles. The molecule has 0 aliphatic rings. The van der Waals surface area contributed by atoms with Gasteiger partial charge in [0.25, 0.3) is 0 Å². The number of carbonyl (C=O) groups is 3. The van der Waals surface area contributed by atoms with Crippen molar-refractivity contribution in [1.82, 2.24) is 0 Å². The minimum absolute atomic E-state index is 0.139. The molecule has 0 rings (SSSR count). The average Bonchev–Trinajstić information content (AvgIpc) is 3.30. The minimum atomic E-state index is -0.844. The van der Waals surface area contributed by atoms with Crippen LogP contribution >= 0.6 is 0 Å². The molecule has 0 aromatic heterocycles. The van der Waals surface area contributed by atoms with E-state index in [1.807, 2.05) is 0 Å². The van der Waals surface area contributed by atoms with E-state index in [-0.39, 0.29) is 50.4 Å². The number of hydrogen-bond donors (Lipinski definition) is 0. The molecule has 0 amide bonds. The number of hydrogen-bond acceptors (Lipinski definition) is 6. The van der Waals surface area contributed by atoms with E-state index >= 15 is 0 Å². The molecule has 0 spiro atoms. The van der Waals surface area contributed by atoms with Gasteiger partial charge >= 0.3 is 17.9 Å². The fourth-order valence-corrected chi connectivity index (χ4v) is 6.06. The maximum Gasteiger partial charge on any atom is 0.306 e. The molecule has 0 saturated carbocycles. The van der Waals surface area contributed by atoms with Crippen LogP contribution in [-0.4, -0.2) is 37.2 Å². The lowest BCUT2D eigenvalue weighted by molar-refractivity contribution is -0.167. The van der Waals surface area contributed by atoms with E-state index in [0.717, 1.165) is 103 Å². The van der Waals surface area contributed by atoms with Gasteiger partial charge in [0, 0.05) is 19.3 Å². The summed E-state index contributed by atoms with van der Waals surface area (Å²) in [6.45, 7) is 6.23. The van der Waals surface area contributed by atoms with Crippen LogP contribution in [0.5, 0.6) is 0 Å². The van der Waals surface area contributed by atoms with Crippen LogP contribution in [0.4, 0.5) is 0 Å². The van der Waals surface area contributed by atoms with Gasteiger partial charge in [-0.1, -0.05) is 179 Å². The van der Waals surface area contributed by atoms with E-state index in [1.54, 1.807) is 0 Å².